The average molecular weight is 241 g/mol. The van der Waals surface area contributed by atoms with Crippen molar-refractivity contribution in [3.63, 3.8) is 0 Å². The second-order valence-corrected chi connectivity index (χ2v) is 6.24. The number of carbonyl (C=O) groups is 1. The number of Topliss-reactive ketones (excluding diaryl/α,β-unsaturated/α-hetero) is 1. The van der Waals surface area contributed by atoms with Gasteiger partial charge in [0.2, 0.25) is 0 Å². The van der Waals surface area contributed by atoms with E-state index in [1.165, 1.54) is 5.56 Å². The van der Waals surface area contributed by atoms with E-state index >= 15 is 0 Å². The molecule has 1 saturated carbocycles. The summed E-state index contributed by atoms with van der Waals surface area (Å²) in [5.41, 5.74) is 3.09. The van der Waals surface area contributed by atoms with E-state index in [0.29, 0.717) is 29.7 Å². The van der Waals surface area contributed by atoms with Gasteiger partial charge in [-0.1, -0.05) is 24.3 Å². The molecular formula is C16H19NO. The van der Waals surface area contributed by atoms with E-state index in [4.69, 9.17) is 0 Å². The van der Waals surface area contributed by atoms with Crippen molar-refractivity contribution in [3.05, 3.63) is 35.4 Å². The van der Waals surface area contributed by atoms with Gasteiger partial charge in [-0.25, -0.2) is 0 Å². The van der Waals surface area contributed by atoms with Crippen LogP contribution < -0.4 is 5.32 Å². The van der Waals surface area contributed by atoms with Gasteiger partial charge in [-0.15, -0.1) is 0 Å². The molecule has 94 valence electrons. The molecule has 5 unspecified atom stereocenters. The Morgan fingerprint density at radius 3 is 2.83 bits per heavy atom. The summed E-state index contributed by atoms with van der Waals surface area (Å²) < 4.78 is 0. The van der Waals surface area contributed by atoms with E-state index in [-0.39, 0.29) is 5.92 Å². The molecule has 4 bridgehead atoms. The van der Waals surface area contributed by atoms with Gasteiger partial charge in [0.25, 0.3) is 0 Å². The Balaban J connectivity index is 1.73. The fourth-order valence-corrected chi connectivity index (χ4v) is 4.60. The Kier molecular flexibility index (Phi) is 2.19. The second-order valence-electron chi connectivity index (χ2n) is 6.24. The van der Waals surface area contributed by atoms with Crippen LogP contribution in [-0.4, -0.2) is 17.9 Å². The monoisotopic (exact) mass is 241 g/mol. The summed E-state index contributed by atoms with van der Waals surface area (Å²) >= 11 is 0. The molecule has 2 heterocycles. The first-order chi connectivity index (χ1) is 8.74. The van der Waals surface area contributed by atoms with E-state index in [1.54, 1.807) is 12.5 Å². The normalized spacial score (nSPS) is 40.4. The number of piperidine rings is 2. The van der Waals surface area contributed by atoms with Gasteiger partial charge in [-0.05, 0) is 49.1 Å². The third kappa shape index (κ3) is 1.36. The molecule has 1 N–H and O–H groups in total. The minimum atomic E-state index is 0.271. The van der Waals surface area contributed by atoms with E-state index in [1.807, 2.05) is 0 Å². The zero-order valence-electron chi connectivity index (χ0n) is 10.7. The lowest BCUT2D eigenvalue weighted by atomic mass is 9.57. The van der Waals surface area contributed by atoms with E-state index < -0.39 is 0 Å². The number of hydrogen-bond donors (Lipinski definition) is 1. The predicted octanol–water partition coefficient (Wildman–Crippen LogP) is 2.28. The maximum Gasteiger partial charge on any atom is 0.134 e. The Labute approximate surface area is 108 Å². The molecule has 0 amide bonds. The molecule has 2 nitrogen and oxygen atoms in total. The van der Waals surface area contributed by atoms with Crippen LogP contribution >= 0.6 is 0 Å². The van der Waals surface area contributed by atoms with Gasteiger partial charge in [0, 0.05) is 18.0 Å². The van der Waals surface area contributed by atoms with Gasteiger partial charge in [0.15, 0.2) is 0 Å². The zero-order valence-corrected chi connectivity index (χ0v) is 10.7. The molecule has 1 aromatic rings. The molecule has 2 heteroatoms. The molecular weight excluding hydrogens is 222 g/mol. The molecule has 2 aliphatic heterocycles. The first-order valence-electron chi connectivity index (χ1n) is 7.08. The molecule has 18 heavy (non-hydrogen) atoms. The number of ketones is 1. The number of benzene rings is 1. The van der Waals surface area contributed by atoms with Crippen LogP contribution in [0.4, 0.5) is 0 Å². The number of fused-ring (bicyclic) bond motifs is 2. The van der Waals surface area contributed by atoms with Gasteiger partial charge >= 0.3 is 0 Å². The summed E-state index contributed by atoms with van der Waals surface area (Å²) in [7, 11) is 0. The Morgan fingerprint density at radius 2 is 2.06 bits per heavy atom. The van der Waals surface area contributed by atoms with Crippen molar-refractivity contribution in [1.29, 1.82) is 0 Å². The summed E-state index contributed by atoms with van der Waals surface area (Å²) in [4.78, 5) is 11.7. The number of rotatable bonds is 1. The summed E-state index contributed by atoms with van der Waals surface area (Å²) in [5, 5.41) is 3.74. The topological polar surface area (TPSA) is 29.1 Å². The first-order valence-corrected chi connectivity index (χ1v) is 7.08. The van der Waals surface area contributed by atoms with Crippen molar-refractivity contribution < 1.29 is 4.79 Å². The third-order valence-corrected chi connectivity index (χ3v) is 5.40. The number of hydrogen-bond acceptors (Lipinski definition) is 2. The highest BCUT2D eigenvalue weighted by molar-refractivity contribution is 5.79. The predicted molar refractivity (Wildman–Crippen MR) is 70.5 cm³/mol. The lowest BCUT2D eigenvalue weighted by Crippen LogP contribution is -2.62. The first kappa shape index (κ1) is 10.7. The smallest absolute Gasteiger partial charge is 0.134 e. The van der Waals surface area contributed by atoms with Gasteiger partial charge in [-0.3, -0.25) is 4.79 Å². The second kappa shape index (κ2) is 3.67. The van der Waals surface area contributed by atoms with Gasteiger partial charge in [0.05, 0.1) is 0 Å². The van der Waals surface area contributed by atoms with Crippen LogP contribution in [-0.2, 0) is 11.2 Å². The molecule has 5 rings (SSSR count). The highest BCUT2D eigenvalue weighted by Gasteiger charge is 2.50. The van der Waals surface area contributed by atoms with Crippen molar-refractivity contribution in [2.75, 3.05) is 0 Å². The molecule has 2 saturated heterocycles. The molecule has 0 aromatic heterocycles. The zero-order chi connectivity index (χ0) is 12.3. The standard InChI is InChI=1S/C16H19NO/c1-9(18)12-7-14-13-8-16(12)17-15(14)6-10-4-2-3-5-11(10)13/h2-5,12-17H,6-8H2,1H3. The van der Waals surface area contributed by atoms with Crippen molar-refractivity contribution in [2.24, 2.45) is 11.8 Å². The molecule has 0 radical (unpaired) electrons. The van der Waals surface area contributed by atoms with Crippen LogP contribution in [0, 0.1) is 11.8 Å². The maximum atomic E-state index is 11.7. The van der Waals surface area contributed by atoms with E-state index in [2.05, 4.69) is 29.6 Å². The molecule has 2 aliphatic carbocycles. The summed E-state index contributed by atoms with van der Waals surface area (Å²) in [5.74, 6) is 2.02. The average Bonchev–Trinajstić information content (AvgIpc) is 2.38. The van der Waals surface area contributed by atoms with Crippen LogP contribution in [0.15, 0.2) is 24.3 Å². The van der Waals surface area contributed by atoms with Crippen molar-refractivity contribution >= 4 is 5.78 Å². The van der Waals surface area contributed by atoms with Crippen molar-refractivity contribution in [2.45, 2.75) is 44.2 Å². The number of nitrogens with one attached hydrogen (secondary N) is 1. The Morgan fingerprint density at radius 1 is 1.22 bits per heavy atom. The summed E-state index contributed by atoms with van der Waals surface area (Å²) in [6, 6.07) is 9.93. The van der Waals surface area contributed by atoms with Crippen LogP contribution in [0.3, 0.4) is 0 Å². The van der Waals surface area contributed by atoms with Crippen LogP contribution in [0.25, 0.3) is 0 Å². The van der Waals surface area contributed by atoms with Gasteiger partial charge < -0.3 is 5.32 Å². The molecule has 1 aromatic carbocycles. The number of carbonyl (C=O) groups excluding carboxylic acids is 1. The highest BCUT2D eigenvalue weighted by atomic mass is 16.1. The molecule has 5 atom stereocenters. The maximum absolute atomic E-state index is 11.7. The van der Waals surface area contributed by atoms with Gasteiger partial charge in [0.1, 0.15) is 5.78 Å². The van der Waals surface area contributed by atoms with E-state index in [0.717, 1.165) is 19.3 Å². The summed E-state index contributed by atoms with van der Waals surface area (Å²) in [6.45, 7) is 1.76. The fraction of sp³-hybridized carbons (Fsp3) is 0.562. The Hall–Kier alpha value is -1.15. The lowest BCUT2D eigenvalue weighted by Gasteiger charge is -2.55. The Bertz CT molecular complexity index is 510. The van der Waals surface area contributed by atoms with Crippen molar-refractivity contribution in [1.82, 2.24) is 5.32 Å². The highest BCUT2D eigenvalue weighted by Crippen LogP contribution is 2.50. The third-order valence-electron chi connectivity index (χ3n) is 5.40. The van der Waals surface area contributed by atoms with Gasteiger partial charge in [-0.2, -0.15) is 0 Å². The molecule has 0 spiro atoms. The summed E-state index contributed by atoms with van der Waals surface area (Å²) in [6.07, 6.45) is 3.41. The van der Waals surface area contributed by atoms with Crippen LogP contribution in [0.2, 0.25) is 0 Å². The minimum Gasteiger partial charge on any atom is -0.310 e. The molecule has 4 aliphatic rings. The SMILES string of the molecule is CC(=O)C1CC2C3Cc4ccccc4C2CC1N3. The largest absolute Gasteiger partial charge is 0.310 e. The molecule has 3 fully saturated rings. The fourth-order valence-electron chi connectivity index (χ4n) is 4.60. The lowest BCUT2D eigenvalue weighted by molar-refractivity contribution is -0.125. The quantitative estimate of drug-likeness (QED) is 0.817. The minimum absolute atomic E-state index is 0.271. The van der Waals surface area contributed by atoms with Crippen molar-refractivity contribution in [3.8, 4) is 0 Å². The van der Waals surface area contributed by atoms with Crippen LogP contribution in [0.5, 0.6) is 0 Å². The van der Waals surface area contributed by atoms with E-state index in [9.17, 15) is 4.79 Å². The van der Waals surface area contributed by atoms with Crippen LogP contribution in [0.1, 0.15) is 36.8 Å².